The summed E-state index contributed by atoms with van der Waals surface area (Å²) in [5, 5.41) is 12.4. The first-order chi connectivity index (χ1) is 14.9. The maximum Gasteiger partial charge on any atom is 0.286 e. The number of nitrogens with zero attached hydrogens (tertiary/aromatic N) is 2. The van der Waals surface area contributed by atoms with Gasteiger partial charge >= 0.3 is 0 Å². The van der Waals surface area contributed by atoms with Crippen LogP contribution in [0.3, 0.4) is 0 Å². The molecule has 0 saturated carbocycles. The summed E-state index contributed by atoms with van der Waals surface area (Å²) in [6.45, 7) is 0. The van der Waals surface area contributed by atoms with Gasteiger partial charge in [0.05, 0.1) is 11.4 Å². The van der Waals surface area contributed by atoms with E-state index in [4.69, 9.17) is 34.8 Å². The van der Waals surface area contributed by atoms with E-state index in [1.165, 1.54) is 9.36 Å². The molecule has 0 atom stereocenters. The van der Waals surface area contributed by atoms with Crippen molar-refractivity contribution in [1.29, 1.82) is 0 Å². The number of aromatic nitrogens is 2. The molecule has 0 aliphatic heterocycles. The van der Waals surface area contributed by atoms with Crippen LogP contribution in [-0.2, 0) is 6.42 Å². The smallest absolute Gasteiger partial charge is 0.286 e. The van der Waals surface area contributed by atoms with E-state index in [0.717, 1.165) is 0 Å². The summed E-state index contributed by atoms with van der Waals surface area (Å²) in [7, 11) is 0. The number of aromatic hydroxyl groups is 1. The quantitative estimate of drug-likeness (QED) is 0.377. The minimum absolute atomic E-state index is 0.131. The van der Waals surface area contributed by atoms with Gasteiger partial charge in [-0.05, 0) is 60.2 Å². The zero-order chi connectivity index (χ0) is 22.1. The van der Waals surface area contributed by atoms with Crippen LogP contribution in [0.2, 0.25) is 15.1 Å². The first kappa shape index (κ1) is 21.2. The second-order valence-corrected chi connectivity index (χ2v) is 8.05. The molecule has 0 aliphatic rings. The molecule has 3 aromatic carbocycles. The van der Waals surface area contributed by atoms with Crippen molar-refractivity contribution in [3.8, 4) is 17.3 Å². The summed E-state index contributed by atoms with van der Waals surface area (Å²) in [4.78, 5) is 26.4. The first-order valence-electron chi connectivity index (χ1n) is 9.22. The molecule has 1 heterocycles. The number of carbonyl (C=O) groups is 1. The zero-order valence-corrected chi connectivity index (χ0v) is 18.2. The van der Waals surface area contributed by atoms with Crippen molar-refractivity contribution in [2.45, 2.75) is 6.42 Å². The van der Waals surface area contributed by atoms with Crippen molar-refractivity contribution in [3.05, 3.63) is 109 Å². The van der Waals surface area contributed by atoms with Gasteiger partial charge in [0.15, 0.2) is 5.78 Å². The summed E-state index contributed by atoms with van der Waals surface area (Å²) < 4.78 is 2.48. The average molecular weight is 474 g/mol. The monoisotopic (exact) mass is 472 g/mol. The lowest BCUT2D eigenvalue weighted by Crippen LogP contribution is -2.23. The van der Waals surface area contributed by atoms with Gasteiger partial charge in [0.2, 0.25) is 5.88 Å². The van der Waals surface area contributed by atoms with Gasteiger partial charge in [-0.25, -0.2) is 9.36 Å². The minimum atomic E-state index is -0.660. The highest BCUT2D eigenvalue weighted by Crippen LogP contribution is 2.26. The predicted molar refractivity (Wildman–Crippen MR) is 123 cm³/mol. The summed E-state index contributed by atoms with van der Waals surface area (Å²) >= 11 is 18.1. The molecule has 156 valence electrons. The van der Waals surface area contributed by atoms with Crippen molar-refractivity contribution in [2.75, 3.05) is 0 Å². The van der Waals surface area contributed by atoms with E-state index in [1.807, 2.05) is 0 Å². The Morgan fingerprint density at radius 1 is 0.774 bits per heavy atom. The average Bonchev–Trinajstić information content (AvgIpc) is 3.01. The highest BCUT2D eigenvalue weighted by atomic mass is 35.5. The molecule has 0 fully saturated rings. The third kappa shape index (κ3) is 4.12. The molecular weight excluding hydrogens is 459 g/mol. The highest BCUT2D eigenvalue weighted by molar-refractivity contribution is 6.31. The van der Waals surface area contributed by atoms with Gasteiger partial charge in [-0.15, -0.1) is 0 Å². The van der Waals surface area contributed by atoms with Crippen LogP contribution in [0.5, 0.6) is 5.88 Å². The Morgan fingerprint density at radius 2 is 1.29 bits per heavy atom. The van der Waals surface area contributed by atoms with Crippen molar-refractivity contribution >= 4 is 40.6 Å². The van der Waals surface area contributed by atoms with Crippen LogP contribution in [0, 0.1) is 0 Å². The van der Waals surface area contributed by atoms with E-state index in [0.29, 0.717) is 32.0 Å². The summed E-state index contributed by atoms with van der Waals surface area (Å²) in [6, 6.07) is 19.9. The van der Waals surface area contributed by atoms with E-state index in [-0.39, 0.29) is 12.0 Å². The van der Waals surface area contributed by atoms with Crippen LogP contribution in [0.4, 0.5) is 0 Å². The maximum atomic E-state index is 13.3. The van der Waals surface area contributed by atoms with Gasteiger partial charge in [0, 0.05) is 21.5 Å². The normalized spacial score (nSPS) is 10.9. The molecule has 5 nitrogen and oxygen atoms in total. The number of Topliss-reactive ketones (excluding diaryl/α,β-unsaturated/α-hetero) is 1. The Kier molecular flexibility index (Phi) is 5.92. The SMILES string of the molecule is O=C(Cc1ccccc1Cl)c1c(O)n(-c2ccc(Cl)cc2)n(-c2ccc(Cl)cc2)c1=O. The first-order valence-corrected chi connectivity index (χ1v) is 10.4. The van der Waals surface area contributed by atoms with Crippen LogP contribution in [-0.4, -0.2) is 20.3 Å². The van der Waals surface area contributed by atoms with Gasteiger partial charge in [-0.3, -0.25) is 9.59 Å². The highest BCUT2D eigenvalue weighted by Gasteiger charge is 2.27. The van der Waals surface area contributed by atoms with Gasteiger partial charge in [-0.2, -0.15) is 0 Å². The zero-order valence-electron chi connectivity index (χ0n) is 15.9. The Labute approximate surface area is 192 Å². The number of carbonyl (C=O) groups excluding carboxylic acids is 1. The van der Waals surface area contributed by atoms with E-state index in [1.54, 1.807) is 72.8 Å². The van der Waals surface area contributed by atoms with E-state index in [2.05, 4.69) is 0 Å². The molecule has 0 bridgehead atoms. The van der Waals surface area contributed by atoms with E-state index >= 15 is 0 Å². The van der Waals surface area contributed by atoms with E-state index < -0.39 is 17.2 Å². The van der Waals surface area contributed by atoms with Gasteiger partial charge < -0.3 is 5.11 Å². The number of hydrogen-bond donors (Lipinski definition) is 1. The van der Waals surface area contributed by atoms with Gasteiger partial charge in [-0.1, -0.05) is 53.0 Å². The van der Waals surface area contributed by atoms with Crippen molar-refractivity contribution in [2.24, 2.45) is 0 Å². The second kappa shape index (κ2) is 8.63. The topological polar surface area (TPSA) is 64.2 Å². The Balaban J connectivity index is 1.91. The Morgan fingerprint density at radius 3 is 1.84 bits per heavy atom. The van der Waals surface area contributed by atoms with Crippen molar-refractivity contribution < 1.29 is 9.90 Å². The second-order valence-electron chi connectivity index (χ2n) is 6.77. The lowest BCUT2D eigenvalue weighted by Gasteiger charge is -2.12. The molecule has 31 heavy (non-hydrogen) atoms. The molecular formula is C23H15Cl3N2O3. The van der Waals surface area contributed by atoms with Crippen LogP contribution in [0.1, 0.15) is 15.9 Å². The van der Waals surface area contributed by atoms with Crippen LogP contribution < -0.4 is 5.56 Å². The summed E-state index contributed by atoms with van der Waals surface area (Å²) in [6.07, 6.45) is -0.131. The van der Waals surface area contributed by atoms with Crippen molar-refractivity contribution in [1.82, 2.24) is 9.36 Å². The number of benzene rings is 3. The Hall–Kier alpha value is -2.99. The number of halogens is 3. The molecule has 4 rings (SSSR count). The molecule has 1 N–H and O–H groups in total. The molecule has 0 spiro atoms. The largest absolute Gasteiger partial charge is 0.493 e. The number of hydrogen-bond acceptors (Lipinski definition) is 3. The third-order valence-electron chi connectivity index (χ3n) is 4.76. The van der Waals surface area contributed by atoms with Crippen LogP contribution >= 0.6 is 34.8 Å². The predicted octanol–water partition coefficient (Wildman–Crippen LogP) is 5.72. The fourth-order valence-electron chi connectivity index (χ4n) is 3.28. The van der Waals surface area contributed by atoms with E-state index in [9.17, 15) is 14.7 Å². The summed E-state index contributed by atoms with van der Waals surface area (Å²) in [5.41, 5.74) is 0.448. The van der Waals surface area contributed by atoms with Gasteiger partial charge in [0.1, 0.15) is 5.56 Å². The lowest BCUT2D eigenvalue weighted by molar-refractivity contribution is 0.0989. The molecule has 8 heteroatoms. The molecule has 0 amide bonds. The molecule has 0 saturated heterocycles. The number of rotatable bonds is 5. The maximum absolute atomic E-state index is 13.3. The minimum Gasteiger partial charge on any atom is -0.493 e. The molecule has 0 unspecified atom stereocenters. The standard InChI is InChI=1S/C23H15Cl3N2O3/c24-15-5-9-17(10-6-15)27-22(30)21(20(29)13-14-3-1-2-4-19(14)26)23(31)28(27)18-11-7-16(25)8-12-18/h1-12,30H,13H2. The summed E-state index contributed by atoms with van der Waals surface area (Å²) in [5.74, 6) is -1.02. The van der Waals surface area contributed by atoms with Crippen LogP contribution in [0.25, 0.3) is 11.4 Å². The Bertz CT molecular complexity index is 1320. The molecule has 0 aliphatic carbocycles. The molecule has 4 aromatic rings. The lowest BCUT2D eigenvalue weighted by atomic mass is 10.1. The molecule has 0 radical (unpaired) electrons. The number of ketones is 1. The molecule has 1 aromatic heterocycles. The van der Waals surface area contributed by atoms with Gasteiger partial charge in [0.25, 0.3) is 5.56 Å². The van der Waals surface area contributed by atoms with Crippen molar-refractivity contribution in [3.63, 3.8) is 0 Å². The fourth-order valence-corrected chi connectivity index (χ4v) is 3.73. The fraction of sp³-hybridized carbons (Fsp3) is 0.0435. The van der Waals surface area contributed by atoms with Crippen LogP contribution in [0.15, 0.2) is 77.6 Å². The third-order valence-corrected chi connectivity index (χ3v) is 5.63.